The first kappa shape index (κ1) is 6.27. The number of hydrogen-bond acceptors (Lipinski definition) is 3. The number of nitrogens with zero attached hydrogens (tertiary/aromatic N) is 2. The Kier molecular flexibility index (Phi) is 1.15. The van der Waals surface area contributed by atoms with Crippen molar-refractivity contribution in [1.82, 2.24) is 0 Å². The van der Waals surface area contributed by atoms with Crippen LogP contribution in [0, 0.1) is 5.92 Å². The maximum absolute atomic E-state index is 11.1. The molecule has 2 rings (SSSR count). The maximum atomic E-state index is 11.1. The molecular weight excluding hydrogens is 144 g/mol. The standard InChI is InChI=1S/C7H6N2O2/c1-4-6-5(11-9-4)2-3-8-7(6)10/h2-3,6H,1H3. The molecule has 0 fully saturated rings. The molecule has 0 bridgehead atoms. The predicted molar refractivity (Wildman–Crippen MR) is 39.3 cm³/mol. The SMILES string of the molecule is CC1=NOC2=CC=NC(=O)C21. The van der Waals surface area contributed by atoms with Gasteiger partial charge in [-0.1, -0.05) is 5.16 Å². The Hall–Kier alpha value is -1.45. The molecule has 2 aliphatic heterocycles. The molecule has 0 aromatic carbocycles. The zero-order valence-corrected chi connectivity index (χ0v) is 5.94. The van der Waals surface area contributed by atoms with E-state index < -0.39 is 0 Å². The van der Waals surface area contributed by atoms with E-state index in [1.807, 2.05) is 0 Å². The molecule has 1 amide bonds. The lowest BCUT2D eigenvalue weighted by atomic mass is 10.0. The Bertz CT molecular complexity index is 302. The molecule has 0 N–H and O–H groups in total. The number of aliphatic imine (C=N–C) groups is 1. The highest BCUT2D eigenvalue weighted by Crippen LogP contribution is 2.24. The zero-order valence-electron chi connectivity index (χ0n) is 5.94. The van der Waals surface area contributed by atoms with E-state index in [0.717, 1.165) is 0 Å². The largest absolute Gasteiger partial charge is 0.360 e. The highest BCUT2D eigenvalue weighted by atomic mass is 16.6. The number of oxime groups is 1. The van der Waals surface area contributed by atoms with E-state index >= 15 is 0 Å². The molecule has 0 saturated carbocycles. The van der Waals surface area contributed by atoms with Gasteiger partial charge in [0.15, 0.2) is 5.76 Å². The van der Waals surface area contributed by atoms with Gasteiger partial charge in [0.05, 0.1) is 5.71 Å². The van der Waals surface area contributed by atoms with Crippen molar-refractivity contribution in [3.63, 3.8) is 0 Å². The van der Waals surface area contributed by atoms with Gasteiger partial charge in [0.2, 0.25) is 0 Å². The summed E-state index contributed by atoms with van der Waals surface area (Å²) in [6, 6.07) is 0. The van der Waals surface area contributed by atoms with Gasteiger partial charge in [-0.15, -0.1) is 0 Å². The normalized spacial score (nSPS) is 27.4. The highest BCUT2D eigenvalue weighted by molar-refractivity contribution is 6.11. The number of hydrogen-bond donors (Lipinski definition) is 0. The molecule has 0 aromatic rings. The second-order valence-corrected chi connectivity index (χ2v) is 2.44. The fraction of sp³-hybridized carbons (Fsp3) is 0.286. The molecule has 0 spiro atoms. The Labute approximate surface area is 63.2 Å². The van der Waals surface area contributed by atoms with E-state index in [1.54, 1.807) is 13.0 Å². The van der Waals surface area contributed by atoms with Crippen LogP contribution in [-0.4, -0.2) is 17.8 Å². The quantitative estimate of drug-likeness (QED) is 0.505. The second kappa shape index (κ2) is 2.02. The lowest BCUT2D eigenvalue weighted by molar-refractivity contribution is -0.119. The average Bonchev–Trinajstić information content (AvgIpc) is 2.34. The molecule has 4 nitrogen and oxygen atoms in total. The minimum atomic E-state index is -0.347. The Morgan fingerprint density at radius 3 is 3.18 bits per heavy atom. The third kappa shape index (κ3) is 0.790. The summed E-state index contributed by atoms with van der Waals surface area (Å²) >= 11 is 0. The van der Waals surface area contributed by atoms with Gasteiger partial charge in [-0.2, -0.15) is 0 Å². The summed E-state index contributed by atoms with van der Waals surface area (Å²) in [5.41, 5.74) is 0.679. The van der Waals surface area contributed by atoms with E-state index in [9.17, 15) is 4.79 Å². The average molecular weight is 150 g/mol. The molecule has 1 atom stereocenters. The number of carbonyl (C=O) groups is 1. The fourth-order valence-corrected chi connectivity index (χ4v) is 1.12. The summed E-state index contributed by atoms with van der Waals surface area (Å²) in [6.45, 7) is 1.75. The monoisotopic (exact) mass is 150 g/mol. The van der Waals surface area contributed by atoms with Gasteiger partial charge in [0.1, 0.15) is 5.92 Å². The van der Waals surface area contributed by atoms with Crippen LogP contribution in [0.15, 0.2) is 22.0 Å². The summed E-state index contributed by atoms with van der Waals surface area (Å²) in [6.07, 6.45) is 3.09. The van der Waals surface area contributed by atoms with Gasteiger partial charge in [0.25, 0.3) is 5.91 Å². The topological polar surface area (TPSA) is 51.0 Å². The molecule has 56 valence electrons. The van der Waals surface area contributed by atoms with Gasteiger partial charge in [-0.3, -0.25) is 4.79 Å². The Morgan fingerprint density at radius 1 is 1.64 bits per heavy atom. The van der Waals surface area contributed by atoms with Crippen LogP contribution in [0.1, 0.15) is 6.92 Å². The zero-order chi connectivity index (χ0) is 7.84. The van der Waals surface area contributed by atoms with Gasteiger partial charge < -0.3 is 4.84 Å². The van der Waals surface area contributed by atoms with Gasteiger partial charge >= 0.3 is 0 Å². The van der Waals surface area contributed by atoms with Crippen LogP contribution in [0.25, 0.3) is 0 Å². The van der Waals surface area contributed by atoms with Crippen molar-refractivity contribution < 1.29 is 9.63 Å². The summed E-state index contributed by atoms with van der Waals surface area (Å²) < 4.78 is 0. The smallest absolute Gasteiger partial charge is 0.262 e. The molecular formula is C7H6N2O2. The van der Waals surface area contributed by atoms with Gasteiger partial charge in [-0.25, -0.2) is 4.99 Å². The van der Waals surface area contributed by atoms with Crippen molar-refractivity contribution in [3.8, 4) is 0 Å². The number of fused-ring (bicyclic) bond motifs is 1. The van der Waals surface area contributed by atoms with E-state index in [4.69, 9.17) is 4.84 Å². The summed E-state index contributed by atoms with van der Waals surface area (Å²) in [4.78, 5) is 19.6. The van der Waals surface area contributed by atoms with Crippen LogP contribution in [0.5, 0.6) is 0 Å². The molecule has 0 saturated heterocycles. The van der Waals surface area contributed by atoms with E-state index in [0.29, 0.717) is 11.5 Å². The first-order chi connectivity index (χ1) is 5.29. The minimum Gasteiger partial charge on any atom is -0.360 e. The van der Waals surface area contributed by atoms with Crippen molar-refractivity contribution >= 4 is 17.8 Å². The van der Waals surface area contributed by atoms with Crippen LogP contribution >= 0.6 is 0 Å². The third-order valence-electron chi connectivity index (χ3n) is 1.68. The lowest BCUT2D eigenvalue weighted by Gasteiger charge is -2.06. The third-order valence-corrected chi connectivity index (χ3v) is 1.68. The number of dihydropyridines is 1. The molecule has 2 aliphatic rings. The van der Waals surface area contributed by atoms with E-state index in [1.165, 1.54) is 6.21 Å². The molecule has 0 aliphatic carbocycles. The van der Waals surface area contributed by atoms with Crippen LogP contribution in [0.2, 0.25) is 0 Å². The van der Waals surface area contributed by atoms with Gasteiger partial charge in [-0.05, 0) is 13.0 Å². The molecule has 4 heteroatoms. The molecule has 1 unspecified atom stereocenters. The van der Waals surface area contributed by atoms with E-state index in [-0.39, 0.29) is 11.8 Å². The van der Waals surface area contributed by atoms with Crippen molar-refractivity contribution in [2.45, 2.75) is 6.92 Å². The Balaban J connectivity index is 2.42. The van der Waals surface area contributed by atoms with Crippen molar-refractivity contribution in [2.75, 3.05) is 0 Å². The van der Waals surface area contributed by atoms with Crippen LogP contribution in [0.3, 0.4) is 0 Å². The summed E-state index contributed by atoms with van der Waals surface area (Å²) in [5, 5.41) is 3.68. The first-order valence-electron chi connectivity index (χ1n) is 3.28. The van der Waals surface area contributed by atoms with Crippen LogP contribution in [0.4, 0.5) is 0 Å². The van der Waals surface area contributed by atoms with E-state index in [2.05, 4.69) is 10.1 Å². The minimum absolute atomic E-state index is 0.193. The second-order valence-electron chi connectivity index (χ2n) is 2.44. The van der Waals surface area contributed by atoms with Crippen molar-refractivity contribution in [2.24, 2.45) is 16.1 Å². The predicted octanol–water partition coefficient (Wildman–Crippen LogP) is 0.504. The van der Waals surface area contributed by atoms with Crippen molar-refractivity contribution in [3.05, 3.63) is 11.8 Å². The summed E-state index contributed by atoms with van der Waals surface area (Å²) in [7, 11) is 0. The highest BCUT2D eigenvalue weighted by Gasteiger charge is 2.33. The fourth-order valence-electron chi connectivity index (χ4n) is 1.12. The summed E-state index contributed by atoms with van der Waals surface area (Å²) in [5.74, 6) is 0.0451. The van der Waals surface area contributed by atoms with Crippen LogP contribution in [-0.2, 0) is 9.63 Å². The number of carbonyl (C=O) groups excluding carboxylic acids is 1. The lowest BCUT2D eigenvalue weighted by Crippen LogP contribution is -2.21. The Morgan fingerprint density at radius 2 is 2.45 bits per heavy atom. The number of amides is 1. The molecule has 2 heterocycles. The van der Waals surface area contributed by atoms with Gasteiger partial charge in [0, 0.05) is 6.21 Å². The van der Waals surface area contributed by atoms with Crippen molar-refractivity contribution in [1.29, 1.82) is 0 Å². The molecule has 11 heavy (non-hydrogen) atoms. The number of allylic oxidation sites excluding steroid dienone is 1. The molecule has 0 radical (unpaired) electrons. The number of rotatable bonds is 0. The molecule has 0 aromatic heterocycles. The first-order valence-corrected chi connectivity index (χ1v) is 3.28. The van der Waals surface area contributed by atoms with Crippen LogP contribution < -0.4 is 0 Å². The maximum Gasteiger partial charge on any atom is 0.262 e.